The van der Waals surface area contributed by atoms with Crippen LogP contribution in [0.15, 0.2) is 48.5 Å². The average molecular weight is 348 g/mol. The predicted molar refractivity (Wildman–Crippen MR) is 87.4 cm³/mol. The number of hydrogen-bond donors (Lipinski definition) is 3. The van der Waals surface area contributed by atoms with Crippen molar-refractivity contribution in [1.29, 1.82) is 0 Å². The third-order valence-corrected chi connectivity index (χ3v) is 3.69. The van der Waals surface area contributed by atoms with Crippen LogP contribution in [0.4, 0.5) is 0 Å². The normalized spacial score (nSPS) is 11.5. The highest BCUT2D eigenvalue weighted by molar-refractivity contribution is 6.33. The smallest absolute Gasteiger partial charge is 0.335 e. The number of carboxylic acids is 2. The Hall–Kier alpha value is -2.86. The molecule has 0 aliphatic carbocycles. The van der Waals surface area contributed by atoms with Gasteiger partial charge in [0.1, 0.15) is 6.04 Å². The van der Waals surface area contributed by atoms with E-state index in [0.29, 0.717) is 5.56 Å². The van der Waals surface area contributed by atoms with E-state index in [9.17, 15) is 19.5 Å². The van der Waals surface area contributed by atoms with Crippen molar-refractivity contribution in [2.45, 2.75) is 12.5 Å². The molecule has 24 heavy (non-hydrogen) atoms. The first-order valence-corrected chi connectivity index (χ1v) is 7.36. The molecule has 1 amide bonds. The van der Waals surface area contributed by atoms with E-state index >= 15 is 0 Å². The van der Waals surface area contributed by atoms with Crippen molar-refractivity contribution in [1.82, 2.24) is 5.32 Å². The lowest BCUT2D eigenvalue weighted by molar-refractivity contribution is -0.139. The molecular weight excluding hydrogens is 334 g/mol. The average Bonchev–Trinajstić information content (AvgIpc) is 2.54. The van der Waals surface area contributed by atoms with Crippen molar-refractivity contribution >= 4 is 29.4 Å². The molecule has 0 heterocycles. The molecule has 1 atom stereocenters. The van der Waals surface area contributed by atoms with Crippen molar-refractivity contribution in [3.05, 3.63) is 70.2 Å². The van der Waals surface area contributed by atoms with E-state index in [0.717, 1.165) is 0 Å². The van der Waals surface area contributed by atoms with Crippen LogP contribution >= 0.6 is 11.6 Å². The van der Waals surface area contributed by atoms with Crippen molar-refractivity contribution in [3.63, 3.8) is 0 Å². The van der Waals surface area contributed by atoms with Crippen molar-refractivity contribution in [3.8, 4) is 0 Å². The lowest BCUT2D eigenvalue weighted by atomic mass is 10.0. The van der Waals surface area contributed by atoms with E-state index in [1.807, 2.05) is 0 Å². The molecule has 0 aliphatic rings. The number of carbonyl (C=O) groups excluding carboxylic acids is 1. The highest BCUT2D eigenvalue weighted by atomic mass is 35.5. The molecule has 0 radical (unpaired) electrons. The number of benzene rings is 2. The van der Waals surface area contributed by atoms with Crippen LogP contribution < -0.4 is 5.32 Å². The number of halogens is 1. The molecule has 0 saturated carbocycles. The number of rotatable bonds is 6. The monoisotopic (exact) mass is 347 g/mol. The number of carboxylic acid groups (broad SMARTS) is 2. The molecule has 2 aromatic carbocycles. The number of aromatic carboxylic acids is 1. The van der Waals surface area contributed by atoms with Gasteiger partial charge in [-0.3, -0.25) is 4.79 Å². The van der Waals surface area contributed by atoms with Gasteiger partial charge in [-0.05, 0) is 29.8 Å². The molecule has 7 heteroatoms. The summed E-state index contributed by atoms with van der Waals surface area (Å²) in [4.78, 5) is 34.4. The summed E-state index contributed by atoms with van der Waals surface area (Å²) in [6.45, 7) is 0. The van der Waals surface area contributed by atoms with Crippen LogP contribution in [-0.2, 0) is 11.2 Å². The zero-order valence-electron chi connectivity index (χ0n) is 12.4. The van der Waals surface area contributed by atoms with Crippen LogP contribution in [0.25, 0.3) is 0 Å². The van der Waals surface area contributed by atoms with Gasteiger partial charge in [0.2, 0.25) is 0 Å². The fourth-order valence-corrected chi connectivity index (χ4v) is 2.32. The lowest BCUT2D eigenvalue weighted by Crippen LogP contribution is -2.42. The maximum absolute atomic E-state index is 12.2. The molecule has 2 aromatic rings. The number of nitrogens with one attached hydrogen (secondary N) is 1. The summed E-state index contributed by atoms with van der Waals surface area (Å²) < 4.78 is 0. The number of amides is 1. The SMILES string of the molecule is O=C(O)c1ccc(C[C@H](NC(=O)c2ccccc2Cl)C(=O)O)cc1. The molecule has 6 nitrogen and oxygen atoms in total. The Balaban J connectivity index is 2.12. The Morgan fingerprint density at radius 2 is 1.62 bits per heavy atom. The zero-order valence-corrected chi connectivity index (χ0v) is 13.2. The summed E-state index contributed by atoms with van der Waals surface area (Å²) in [5, 5.41) is 20.8. The summed E-state index contributed by atoms with van der Waals surface area (Å²) >= 11 is 5.93. The Labute approximate surface area is 142 Å². The van der Waals surface area contributed by atoms with Gasteiger partial charge in [-0.25, -0.2) is 9.59 Å². The molecule has 2 rings (SSSR count). The van der Waals surface area contributed by atoms with Gasteiger partial charge in [-0.15, -0.1) is 0 Å². The molecule has 0 bridgehead atoms. The Bertz CT molecular complexity index is 773. The largest absolute Gasteiger partial charge is 0.480 e. The molecule has 3 N–H and O–H groups in total. The second-order valence-electron chi connectivity index (χ2n) is 5.05. The van der Waals surface area contributed by atoms with E-state index in [4.69, 9.17) is 16.7 Å². The Kier molecular flexibility index (Phi) is 5.55. The van der Waals surface area contributed by atoms with Gasteiger partial charge in [0.15, 0.2) is 0 Å². The van der Waals surface area contributed by atoms with Crippen LogP contribution in [0.1, 0.15) is 26.3 Å². The number of aliphatic carboxylic acids is 1. The molecule has 0 unspecified atom stereocenters. The van der Waals surface area contributed by atoms with Gasteiger partial charge in [-0.1, -0.05) is 35.9 Å². The standard InChI is InChI=1S/C17H14ClNO5/c18-13-4-2-1-3-12(13)15(20)19-14(17(23)24)9-10-5-7-11(8-6-10)16(21)22/h1-8,14H,9H2,(H,19,20)(H,21,22)(H,23,24)/t14-/m0/s1. The van der Waals surface area contributed by atoms with E-state index < -0.39 is 23.9 Å². The quantitative estimate of drug-likeness (QED) is 0.744. The van der Waals surface area contributed by atoms with E-state index in [1.54, 1.807) is 12.1 Å². The van der Waals surface area contributed by atoms with Crippen LogP contribution in [-0.4, -0.2) is 34.1 Å². The van der Waals surface area contributed by atoms with Gasteiger partial charge in [0.25, 0.3) is 5.91 Å². The first-order chi connectivity index (χ1) is 11.4. The Morgan fingerprint density at radius 1 is 1.00 bits per heavy atom. The first kappa shape index (κ1) is 17.5. The molecule has 0 fully saturated rings. The molecule has 0 aromatic heterocycles. The van der Waals surface area contributed by atoms with Gasteiger partial charge >= 0.3 is 11.9 Å². The third kappa shape index (κ3) is 4.33. The molecular formula is C17H14ClNO5. The Morgan fingerprint density at radius 3 is 2.17 bits per heavy atom. The second-order valence-corrected chi connectivity index (χ2v) is 5.46. The summed E-state index contributed by atoms with van der Waals surface area (Å²) in [5.74, 6) is -2.85. The predicted octanol–water partition coefficient (Wildman–Crippen LogP) is 2.46. The summed E-state index contributed by atoms with van der Waals surface area (Å²) in [5.41, 5.74) is 0.879. The van der Waals surface area contributed by atoms with E-state index in [2.05, 4.69) is 5.32 Å². The van der Waals surface area contributed by atoms with E-state index in [1.165, 1.54) is 36.4 Å². The fraction of sp³-hybridized carbons (Fsp3) is 0.118. The summed E-state index contributed by atoms with van der Waals surface area (Å²) in [7, 11) is 0. The highest BCUT2D eigenvalue weighted by Gasteiger charge is 2.22. The second kappa shape index (κ2) is 7.61. The third-order valence-electron chi connectivity index (χ3n) is 3.36. The van der Waals surface area contributed by atoms with Gasteiger partial charge in [0.05, 0.1) is 16.1 Å². The van der Waals surface area contributed by atoms with Crippen molar-refractivity contribution in [2.24, 2.45) is 0 Å². The molecule has 0 spiro atoms. The van der Waals surface area contributed by atoms with Gasteiger partial charge in [0, 0.05) is 6.42 Å². The molecule has 0 aliphatic heterocycles. The van der Waals surface area contributed by atoms with Crippen molar-refractivity contribution < 1.29 is 24.6 Å². The minimum absolute atomic E-state index is 0.0193. The lowest BCUT2D eigenvalue weighted by Gasteiger charge is -2.15. The minimum atomic E-state index is -1.20. The number of hydrogen-bond acceptors (Lipinski definition) is 3. The van der Waals surface area contributed by atoms with Crippen LogP contribution in [0.5, 0.6) is 0 Å². The fourth-order valence-electron chi connectivity index (χ4n) is 2.10. The summed E-state index contributed by atoms with van der Waals surface area (Å²) in [6, 6.07) is 11.0. The first-order valence-electron chi connectivity index (χ1n) is 6.99. The van der Waals surface area contributed by atoms with Crippen LogP contribution in [0, 0.1) is 0 Å². The van der Waals surface area contributed by atoms with Gasteiger partial charge in [-0.2, -0.15) is 0 Å². The maximum Gasteiger partial charge on any atom is 0.335 e. The molecule has 0 saturated heterocycles. The highest BCUT2D eigenvalue weighted by Crippen LogP contribution is 2.15. The van der Waals surface area contributed by atoms with Crippen LogP contribution in [0.2, 0.25) is 5.02 Å². The van der Waals surface area contributed by atoms with E-state index in [-0.39, 0.29) is 22.6 Å². The molecule has 124 valence electrons. The maximum atomic E-state index is 12.2. The topological polar surface area (TPSA) is 104 Å². The minimum Gasteiger partial charge on any atom is -0.480 e. The van der Waals surface area contributed by atoms with Crippen LogP contribution in [0.3, 0.4) is 0 Å². The zero-order chi connectivity index (χ0) is 17.7. The number of carbonyl (C=O) groups is 3. The summed E-state index contributed by atoms with van der Waals surface area (Å²) in [6.07, 6.45) is 0.0193. The van der Waals surface area contributed by atoms with Gasteiger partial charge < -0.3 is 15.5 Å². The van der Waals surface area contributed by atoms with Crippen molar-refractivity contribution in [2.75, 3.05) is 0 Å².